The van der Waals surface area contributed by atoms with Gasteiger partial charge in [-0.1, -0.05) is 18.2 Å². The van der Waals surface area contributed by atoms with Crippen molar-refractivity contribution in [2.75, 3.05) is 30.4 Å². The van der Waals surface area contributed by atoms with Crippen LogP contribution in [0.3, 0.4) is 0 Å². The zero-order valence-electron chi connectivity index (χ0n) is 10.1. The van der Waals surface area contributed by atoms with E-state index >= 15 is 0 Å². The first-order chi connectivity index (χ1) is 8.86. The lowest BCUT2D eigenvalue weighted by Gasteiger charge is -2.36. The number of rotatable bonds is 0. The van der Waals surface area contributed by atoms with Crippen molar-refractivity contribution in [3.8, 4) is 0 Å². The topological polar surface area (TPSA) is 46.2 Å². The summed E-state index contributed by atoms with van der Waals surface area (Å²) in [6.45, 7) is 2.52. The van der Waals surface area contributed by atoms with E-state index in [1.807, 2.05) is 18.3 Å². The van der Waals surface area contributed by atoms with Crippen molar-refractivity contribution in [3.63, 3.8) is 0 Å². The molecule has 2 N–H and O–H groups in total. The zero-order valence-corrected chi connectivity index (χ0v) is 10.1. The second-order valence-electron chi connectivity index (χ2n) is 5.13. The summed E-state index contributed by atoms with van der Waals surface area (Å²) in [5.74, 6) is 0. The molecule has 2 aliphatic heterocycles. The molecule has 4 heteroatoms. The van der Waals surface area contributed by atoms with E-state index in [9.17, 15) is 0 Å². The molecule has 0 saturated carbocycles. The van der Waals surface area contributed by atoms with Crippen LogP contribution in [0.4, 0.5) is 11.4 Å². The number of hydrogen-bond acceptors (Lipinski definition) is 4. The lowest BCUT2D eigenvalue weighted by atomic mass is 9.94. The molecule has 0 aliphatic carbocycles. The average molecular weight is 241 g/mol. The maximum atomic E-state index is 5.55. The van der Waals surface area contributed by atoms with Crippen molar-refractivity contribution in [2.24, 2.45) is 0 Å². The third kappa shape index (κ3) is 1.39. The molecule has 1 fully saturated rings. The van der Waals surface area contributed by atoms with E-state index in [0.29, 0.717) is 0 Å². The van der Waals surface area contributed by atoms with Gasteiger partial charge in [0.25, 0.3) is 0 Å². The van der Waals surface area contributed by atoms with Gasteiger partial charge in [-0.2, -0.15) is 0 Å². The summed E-state index contributed by atoms with van der Waals surface area (Å²) < 4.78 is 5.55. The summed E-state index contributed by atoms with van der Waals surface area (Å²) in [7, 11) is 0. The Bertz CT molecular complexity index is 605. The summed E-state index contributed by atoms with van der Waals surface area (Å²) in [6, 6.07) is 8.24. The first-order valence-electron chi connectivity index (χ1n) is 6.34. The summed E-state index contributed by atoms with van der Waals surface area (Å²) in [4.78, 5) is 4.48. The minimum atomic E-state index is 0.0527. The highest BCUT2D eigenvalue weighted by Crippen LogP contribution is 2.38. The lowest BCUT2D eigenvalue weighted by molar-refractivity contribution is 0.184. The van der Waals surface area contributed by atoms with Crippen LogP contribution in [0.5, 0.6) is 0 Å². The van der Waals surface area contributed by atoms with Gasteiger partial charge in [-0.25, -0.2) is 0 Å². The fourth-order valence-corrected chi connectivity index (χ4v) is 2.83. The van der Waals surface area contributed by atoms with E-state index in [-0.39, 0.29) is 5.54 Å². The molecule has 92 valence electrons. The van der Waals surface area contributed by atoms with E-state index < -0.39 is 0 Å². The van der Waals surface area contributed by atoms with Gasteiger partial charge < -0.3 is 15.4 Å². The Morgan fingerprint density at radius 3 is 3.11 bits per heavy atom. The number of nitrogens with zero attached hydrogens (tertiary/aromatic N) is 1. The number of para-hydroxylation sites is 1. The molecule has 4 nitrogen and oxygen atoms in total. The van der Waals surface area contributed by atoms with Crippen LogP contribution >= 0.6 is 0 Å². The van der Waals surface area contributed by atoms with E-state index in [1.165, 1.54) is 5.39 Å². The molecule has 0 radical (unpaired) electrons. The van der Waals surface area contributed by atoms with Gasteiger partial charge in [-0.15, -0.1) is 0 Å². The molecule has 0 bridgehead atoms. The monoisotopic (exact) mass is 241 g/mol. The summed E-state index contributed by atoms with van der Waals surface area (Å²) >= 11 is 0. The Kier molecular flexibility index (Phi) is 2.02. The average Bonchev–Trinajstić information content (AvgIpc) is 2.87. The molecule has 1 spiro atoms. The van der Waals surface area contributed by atoms with Gasteiger partial charge in [0.15, 0.2) is 0 Å². The van der Waals surface area contributed by atoms with Crippen LogP contribution in [0.15, 0.2) is 30.5 Å². The number of aromatic nitrogens is 1. The van der Waals surface area contributed by atoms with Crippen molar-refractivity contribution < 1.29 is 4.74 Å². The minimum absolute atomic E-state index is 0.0527. The first-order valence-corrected chi connectivity index (χ1v) is 6.34. The maximum Gasteiger partial charge on any atom is 0.0801 e. The quantitative estimate of drug-likeness (QED) is 0.742. The standard InChI is InChI=1S/C14H15N3O/c1-2-4-11-10(3-1)13-12(7-15-11)16-8-14(17-13)5-6-18-9-14/h1-4,7,16-17H,5-6,8-9H2. The smallest absolute Gasteiger partial charge is 0.0801 e. The number of nitrogens with one attached hydrogen (secondary N) is 2. The van der Waals surface area contributed by atoms with Crippen molar-refractivity contribution in [2.45, 2.75) is 12.0 Å². The van der Waals surface area contributed by atoms with E-state index in [2.05, 4.69) is 27.8 Å². The van der Waals surface area contributed by atoms with Gasteiger partial charge in [0.2, 0.25) is 0 Å². The van der Waals surface area contributed by atoms with Gasteiger partial charge in [0.1, 0.15) is 0 Å². The molecule has 18 heavy (non-hydrogen) atoms. The molecule has 1 aromatic carbocycles. The third-order valence-corrected chi connectivity index (χ3v) is 3.89. The molecule has 1 saturated heterocycles. The predicted molar refractivity (Wildman–Crippen MR) is 72.0 cm³/mol. The number of anilines is 2. The van der Waals surface area contributed by atoms with Crippen molar-refractivity contribution in [1.82, 2.24) is 4.98 Å². The van der Waals surface area contributed by atoms with Crippen LogP contribution in [0.2, 0.25) is 0 Å². The largest absolute Gasteiger partial charge is 0.380 e. The lowest BCUT2D eigenvalue weighted by Crippen LogP contribution is -2.48. The Morgan fingerprint density at radius 2 is 2.22 bits per heavy atom. The van der Waals surface area contributed by atoms with Crippen LogP contribution in [0.25, 0.3) is 10.9 Å². The van der Waals surface area contributed by atoms with Crippen LogP contribution in [-0.2, 0) is 4.74 Å². The van der Waals surface area contributed by atoms with Crippen molar-refractivity contribution >= 4 is 22.3 Å². The second kappa shape index (κ2) is 3.59. The Hall–Kier alpha value is -1.81. The van der Waals surface area contributed by atoms with Crippen LogP contribution in [-0.4, -0.2) is 30.3 Å². The SMILES string of the molecule is c1ccc2c3c(cnc2c1)NCC1(CCOC1)N3. The van der Waals surface area contributed by atoms with Crippen LogP contribution < -0.4 is 10.6 Å². The van der Waals surface area contributed by atoms with Gasteiger partial charge in [0.05, 0.1) is 35.2 Å². The first kappa shape index (κ1) is 10.1. The Morgan fingerprint density at radius 1 is 1.28 bits per heavy atom. The third-order valence-electron chi connectivity index (χ3n) is 3.89. The number of fused-ring (bicyclic) bond motifs is 3. The highest BCUT2D eigenvalue weighted by molar-refractivity contribution is 5.98. The molecule has 2 aromatic rings. The van der Waals surface area contributed by atoms with E-state index in [4.69, 9.17) is 4.74 Å². The maximum absolute atomic E-state index is 5.55. The van der Waals surface area contributed by atoms with E-state index in [0.717, 1.165) is 43.1 Å². The second-order valence-corrected chi connectivity index (χ2v) is 5.13. The fourth-order valence-electron chi connectivity index (χ4n) is 2.83. The molecule has 1 unspecified atom stereocenters. The predicted octanol–water partition coefficient (Wildman–Crippen LogP) is 2.23. The zero-order chi connectivity index (χ0) is 12.0. The van der Waals surface area contributed by atoms with Gasteiger partial charge in [-0.05, 0) is 12.5 Å². The fraction of sp³-hybridized carbons (Fsp3) is 0.357. The minimum Gasteiger partial charge on any atom is -0.380 e. The van der Waals surface area contributed by atoms with Gasteiger partial charge >= 0.3 is 0 Å². The summed E-state index contributed by atoms with van der Waals surface area (Å²) in [5.41, 5.74) is 3.34. The Balaban J connectivity index is 1.88. The molecule has 3 heterocycles. The van der Waals surface area contributed by atoms with Gasteiger partial charge in [-0.3, -0.25) is 4.98 Å². The van der Waals surface area contributed by atoms with Crippen molar-refractivity contribution in [3.05, 3.63) is 30.5 Å². The van der Waals surface area contributed by atoms with Crippen molar-refractivity contribution in [1.29, 1.82) is 0 Å². The number of hydrogen-bond donors (Lipinski definition) is 2. The molecule has 2 aliphatic rings. The molecular weight excluding hydrogens is 226 g/mol. The molecular formula is C14H15N3O. The van der Waals surface area contributed by atoms with Crippen LogP contribution in [0, 0.1) is 0 Å². The molecule has 1 atom stereocenters. The van der Waals surface area contributed by atoms with E-state index in [1.54, 1.807) is 0 Å². The highest BCUT2D eigenvalue weighted by Gasteiger charge is 2.38. The number of ether oxygens (including phenoxy) is 1. The molecule has 0 amide bonds. The summed E-state index contributed by atoms with van der Waals surface area (Å²) in [5, 5.41) is 8.34. The number of pyridine rings is 1. The number of benzene rings is 1. The normalized spacial score (nSPS) is 25.8. The highest BCUT2D eigenvalue weighted by atomic mass is 16.5. The summed E-state index contributed by atoms with van der Waals surface area (Å²) in [6.07, 6.45) is 2.96. The Labute approximate surface area is 105 Å². The van der Waals surface area contributed by atoms with Crippen LogP contribution in [0.1, 0.15) is 6.42 Å². The molecule has 4 rings (SSSR count). The molecule has 1 aromatic heterocycles. The van der Waals surface area contributed by atoms with Gasteiger partial charge in [0, 0.05) is 18.5 Å².